The fourth-order valence-electron chi connectivity index (χ4n) is 3.78. The van der Waals surface area contributed by atoms with Crippen LogP contribution < -0.4 is 19.7 Å². The molecule has 0 aliphatic carbocycles. The maximum Gasteiger partial charge on any atom is 0.335 e. The molecule has 0 unspecified atom stereocenters. The van der Waals surface area contributed by atoms with Crippen molar-refractivity contribution < 1.29 is 23.9 Å². The normalized spacial score (nSPS) is 14.6. The number of anilines is 1. The Labute approximate surface area is 228 Å². The predicted molar refractivity (Wildman–Crippen MR) is 146 cm³/mol. The number of hydrogen-bond acceptors (Lipinski definition) is 5. The zero-order valence-electron chi connectivity index (χ0n) is 20.2. The van der Waals surface area contributed by atoms with Crippen molar-refractivity contribution in [2.24, 2.45) is 0 Å². The molecule has 3 aromatic rings. The van der Waals surface area contributed by atoms with Crippen molar-refractivity contribution in [1.29, 1.82) is 0 Å². The van der Waals surface area contributed by atoms with Crippen LogP contribution in [0.1, 0.15) is 30.5 Å². The van der Waals surface area contributed by atoms with Gasteiger partial charge >= 0.3 is 6.03 Å². The highest BCUT2D eigenvalue weighted by Crippen LogP contribution is 2.38. The van der Waals surface area contributed by atoms with E-state index in [9.17, 15) is 14.4 Å². The number of nitrogens with one attached hydrogen (secondary N) is 1. The molecule has 1 aliphatic heterocycles. The quantitative estimate of drug-likeness (QED) is 0.248. The first kappa shape index (κ1) is 26.4. The number of urea groups is 1. The van der Waals surface area contributed by atoms with Crippen LogP contribution in [0.4, 0.5) is 10.5 Å². The van der Waals surface area contributed by atoms with Gasteiger partial charge in [-0.25, -0.2) is 9.69 Å². The molecular weight excluding hydrogens is 560 g/mol. The Kier molecular flexibility index (Phi) is 8.31. The fourth-order valence-corrected chi connectivity index (χ4v) is 4.45. The molecule has 0 saturated carbocycles. The summed E-state index contributed by atoms with van der Waals surface area (Å²) < 4.78 is 12.6. The number of benzene rings is 3. The van der Waals surface area contributed by atoms with Gasteiger partial charge in [0.25, 0.3) is 11.8 Å². The van der Waals surface area contributed by atoms with Crippen molar-refractivity contribution >= 4 is 57.1 Å². The molecule has 1 aliphatic rings. The molecular formula is C28H24BrClN2O5. The molecule has 1 fully saturated rings. The summed E-state index contributed by atoms with van der Waals surface area (Å²) in [5.74, 6) is -0.824. The highest BCUT2D eigenvalue weighted by Gasteiger charge is 2.36. The second kappa shape index (κ2) is 11.6. The molecule has 7 nitrogen and oxygen atoms in total. The molecule has 0 aromatic heterocycles. The largest absolute Gasteiger partial charge is 0.490 e. The minimum absolute atomic E-state index is 0.209. The molecule has 9 heteroatoms. The molecule has 3 aromatic carbocycles. The van der Waals surface area contributed by atoms with Gasteiger partial charge in [-0.15, -0.1) is 0 Å². The van der Waals surface area contributed by atoms with Gasteiger partial charge < -0.3 is 9.47 Å². The van der Waals surface area contributed by atoms with Crippen LogP contribution >= 0.6 is 27.5 Å². The highest BCUT2D eigenvalue weighted by atomic mass is 79.9. The highest BCUT2D eigenvalue weighted by molar-refractivity contribution is 9.10. The summed E-state index contributed by atoms with van der Waals surface area (Å²) in [6.07, 6.45) is 2.19. The summed E-state index contributed by atoms with van der Waals surface area (Å²) in [6.45, 7) is 4.42. The number of carbonyl (C=O) groups excluding carboxylic acids is 3. The predicted octanol–water partition coefficient (Wildman–Crippen LogP) is 6.31. The Hall–Kier alpha value is -3.62. The second-order valence-corrected chi connectivity index (χ2v) is 9.38. The van der Waals surface area contributed by atoms with Gasteiger partial charge in [-0.05, 0) is 60.9 Å². The van der Waals surface area contributed by atoms with Gasteiger partial charge in [0.1, 0.15) is 12.2 Å². The Bertz CT molecular complexity index is 1390. The first-order valence-corrected chi connectivity index (χ1v) is 12.8. The summed E-state index contributed by atoms with van der Waals surface area (Å²) in [5.41, 5.74) is 2.58. The van der Waals surface area contributed by atoms with Gasteiger partial charge in [-0.2, -0.15) is 0 Å². The van der Waals surface area contributed by atoms with E-state index in [1.807, 2.05) is 50.2 Å². The molecule has 1 saturated heterocycles. The van der Waals surface area contributed by atoms with Crippen molar-refractivity contribution in [3.05, 3.63) is 92.4 Å². The third-order valence-corrected chi connectivity index (χ3v) is 6.73. The standard InChI is InChI=1S/C28H24BrClN2O5/c1-3-17-9-11-20(12-10-17)32-27(34)21(26(33)31-28(32)35)13-18-14-23(30)25(24(15-18)36-4-2)37-16-19-7-5-6-8-22(19)29/h5-15H,3-4,16H2,1-2H3,(H,31,33,35)/b21-13+. The molecule has 1 N–H and O–H groups in total. The fraction of sp³-hybridized carbons (Fsp3) is 0.179. The summed E-state index contributed by atoms with van der Waals surface area (Å²) in [4.78, 5) is 39.3. The number of barbiturate groups is 1. The first-order valence-electron chi connectivity index (χ1n) is 11.6. The van der Waals surface area contributed by atoms with E-state index in [0.29, 0.717) is 29.4 Å². The van der Waals surface area contributed by atoms with Gasteiger partial charge in [0.15, 0.2) is 11.5 Å². The van der Waals surface area contributed by atoms with Crippen LogP contribution in [-0.2, 0) is 22.6 Å². The average molecular weight is 584 g/mol. The lowest BCUT2D eigenvalue weighted by atomic mass is 10.1. The number of imide groups is 2. The van der Waals surface area contributed by atoms with Crippen LogP contribution in [0.5, 0.6) is 11.5 Å². The molecule has 0 atom stereocenters. The smallest absolute Gasteiger partial charge is 0.335 e. The van der Waals surface area contributed by atoms with E-state index in [-0.39, 0.29) is 17.2 Å². The van der Waals surface area contributed by atoms with Crippen LogP contribution in [0.3, 0.4) is 0 Å². The van der Waals surface area contributed by atoms with E-state index in [1.165, 1.54) is 6.08 Å². The maximum absolute atomic E-state index is 13.2. The number of hydrogen-bond donors (Lipinski definition) is 1. The zero-order chi connectivity index (χ0) is 26.5. The number of aryl methyl sites for hydroxylation is 1. The Balaban J connectivity index is 1.65. The van der Waals surface area contributed by atoms with Crippen LogP contribution in [0.2, 0.25) is 5.02 Å². The van der Waals surface area contributed by atoms with Crippen LogP contribution in [-0.4, -0.2) is 24.5 Å². The van der Waals surface area contributed by atoms with Gasteiger partial charge in [0, 0.05) is 10.0 Å². The molecule has 1 heterocycles. The molecule has 0 spiro atoms. The van der Waals surface area contributed by atoms with Crippen molar-refractivity contribution in [2.75, 3.05) is 11.5 Å². The van der Waals surface area contributed by atoms with Gasteiger partial charge in [0.2, 0.25) is 0 Å². The lowest BCUT2D eigenvalue weighted by Crippen LogP contribution is -2.54. The molecule has 4 amide bonds. The summed E-state index contributed by atoms with van der Waals surface area (Å²) in [5, 5.41) is 2.48. The lowest BCUT2D eigenvalue weighted by molar-refractivity contribution is -0.122. The number of halogens is 2. The van der Waals surface area contributed by atoms with E-state index in [1.54, 1.807) is 24.3 Å². The van der Waals surface area contributed by atoms with Crippen molar-refractivity contribution in [3.8, 4) is 11.5 Å². The molecule has 37 heavy (non-hydrogen) atoms. The molecule has 190 valence electrons. The zero-order valence-corrected chi connectivity index (χ0v) is 22.6. The molecule has 4 rings (SSSR count). The van der Waals surface area contributed by atoms with Gasteiger partial charge in [-0.1, -0.05) is 64.8 Å². The number of amides is 4. The minimum atomic E-state index is -0.805. The summed E-state index contributed by atoms with van der Waals surface area (Å²) in [7, 11) is 0. The minimum Gasteiger partial charge on any atom is -0.490 e. The second-order valence-electron chi connectivity index (χ2n) is 8.12. The lowest BCUT2D eigenvalue weighted by Gasteiger charge is -2.26. The van der Waals surface area contributed by atoms with Crippen LogP contribution in [0.25, 0.3) is 6.08 Å². The molecule has 0 bridgehead atoms. The molecule has 0 radical (unpaired) electrons. The SMILES string of the molecule is CCOc1cc(/C=C2\C(=O)NC(=O)N(c3ccc(CC)cc3)C2=O)cc(Cl)c1OCc1ccccc1Br. The van der Waals surface area contributed by atoms with E-state index < -0.39 is 17.8 Å². The number of rotatable bonds is 8. The monoisotopic (exact) mass is 582 g/mol. The first-order chi connectivity index (χ1) is 17.8. The topological polar surface area (TPSA) is 84.9 Å². The summed E-state index contributed by atoms with van der Waals surface area (Å²) >= 11 is 10.0. The summed E-state index contributed by atoms with van der Waals surface area (Å²) in [6, 6.07) is 17.1. The van der Waals surface area contributed by atoms with E-state index in [2.05, 4.69) is 21.2 Å². The van der Waals surface area contributed by atoms with Crippen LogP contribution in [0.15, 0.2) is 70.7 Å². The number of ether oxygens (including phenoxy) is 2. The Morgan fingerprint density at radius 3 is 2.41 bits per heavy atom. The Morgan fingerprint density at radius 1 is 1.00 bits per heavy atom. The number of carbonyl (C=O) groups is 3. The van der Waals surface area contributed by atoms with Crippen molar-refractivity contribution in [3.63, 3.8) is 0 Å². The third-order valence-electron chi connectivity index (χ3n) is 5.68. The van der Waals surface area contributed by atoms with Gasteiger partial charge in [0.05, 0.1) is 17.3 Å². The maximum atomic E-state index is 13.2. The average Bonchev–Trinajstić information content (AvgIpc) is 2.87. The van der Waals surface area contributed by atoms with E-state index in [4.69, 9.17) is 21.1 Å². The van der Waals surface area contributed by atoms with Crippen LogP contribution in [0, 0.1) is 0 Å². The Morgan fingerprint density at radius 2 is 1.73 bits per heavy atom. The number of nitrogens with zero attached hydrogens (tertiary/aromatic N) is 1. The third kappa shape index (κ3) is 5.87. The van der Waals surface area contributed by atoms with E-state index >= 15 is 0 Å². The van der Waals surface area contributed by atoms with Crippen molar-refractivity contribution in [1.82, 2.24) is 5.32 Å². The van der Waals surface area contributed by atoms with Gasteiger partial charge in [-0.3, -0.25) is 14.9 Å². The van der Waals surface area contributed by atoms with Crippen molar-refractivity contribution in [2.45, 2.75) is 26.9 Å². The van der Waals surface area contributed by atoms with E-state index in [0.717, 1.165) is 26.9 Å².